The number of nitrogens with zero attached hydrogens (tertiary/aromatic N) is 1. The lowest BCUT2D eigenvalue weighted by Crippen LogP contribution is -2.48. The van der Waals surface area contributed by atoms with Crippen LogP contribution in [0.1, 0.15) is 35.3 Å². The Morgan fingerprint density at radius 3 is 2.32 bits per heavy atom. The number of carbonyl (C=O) groups is 4. The minimum absolute atomic E-state index is 0.159. The Balaban J connectivity index is 1.77. The molecule has 2 aromatic carbocycles. The van der Waals surface area contributed by atoms with E-state index in [-0.39, 0.29) is 12.2 Å². The van der Waals surface area contributed by atoms with Gasteiger partial charge in [-0.05, 0) is 49.7 Å². The third kappa shape index (κ3) is 4.20. The van der Waals surface area contributed by atoms with Gasteiger partial charge >= 0.3 is 6.03 Å². The summed E-state index contributed by atoms with van der Waals surface area (Å²) >= 11 is 0. The van der Waals surface area contributed by atoms with Gasteiger partial charge in [-0.3, -0.25) is 19.8 Å². The summed E-state index contributed by atoms with van der Waals surface area (Å²) in [5, 5.41) is 3.27. The Kier molecular flexibility index (Phi) is 5.96. The lowest BCUT2D eigenvalue weighted by molar-refractivity contribution is -0.138. The number of nitrogens with one attached hydrogen (secondary N) is 2. The molecule has 0 aromatic heterocycles. The standard InChI is InChI=1S/C22H23N3O6/c1-13(26)14-5-10-18(31-4)15(11-14)12-19(27)24-25-20(28)22(2,23-21(25)29)16-6-8-17(30-3)9-7-16/h5-11H,12H2,1-4H3,(H,23,29)(H,24,27). The van der Waals surface area contributed by atoms with Crippen LogP contribution in [0.4, 0.5) is 4.79 Å². The van der Waals surface area contributed by atoms with Crippen LogP contribution in [0.15, 0.2) is 42.5 Å². The highest BCUT2D eigenvalue weighted by Gasteiger charge is 2.50. The van der Waals surface area contributed by atoms with Gasteiger partial charge in [0.05, 0.1) is 20.6 Å². The molecule has 1 aliphatic heterocycles. The molecule has 3 rings (SSSR count). The van der Waals surface area contributed by atoms with E-state index >= 15 is 0 Å². The minimum atomic E-state index is -1.34. The lowest BCUT2D eigenvalue weighted by Gasteiger charge is -2.22. The molecule has 0 saturated carbocycles. The smallest absolute Gasteiger partial charge is 0.344 e. The second-order valence-corrected chi connectivity index (χ2v) is 7.22. The van der Waals surface area contributed by atoms with Gasteiger partial charge in [0.1, 0.15) is 17.0 Å². The number of Topliss-reactive ketones (excluding diaryl/α,β-unsaturated/α-hetero) is 1. The Hall–Kier alpha value is -3.88. The van der Waals surface area contributed by atoms with Gasteiger partial charge in [0, 0.05) is 11.1 Å². The van der Waals surface area contributed by atoms with E-state index in [9.17, 15) is 19.2 Å². The maximum atomic E-state index is 13.0. The summed E-state index contributed by atoms with van der Waals surface area (Å²) in [6, 6.07) is 10.7. The van der Waals surface area contributed by atoms with Crippen molar-refractivity contribution < 1.29 is 28.7 Å². The van der Waals surface area contributed by atoms with Gasteiger partial charge in [-0.15, -0.1) is 0 Å². The highest BCUT2D eigenvalue weighted by atomic mass is 16.5. The number of hydrogen-bond acceptors (Lipinski definition) is 6. The fourth-order valence-corrected chi connectivity index (χ4v) is 3.33. The number of urea groups is 1. The molecule has 1 unspecified atom stereocenters. The molecule has 4 amide bonds. The number of amides is 4. The van der Waals surface area contributed by atoms with Crippen molar-refractivity contribution in [1.82, 2.24) is 15.8 Å². The summed E-state index contributed by atoms with van der Waals surface area (Å²) in [7, 11) is 2.97. The van der Waals surface area contributed by atoms with Crippen molar-refractivity contribution >= 4 is 23.6 Å². The number of rotatable bonds is 7. The molecular formula is C22H23N3O6. The first-order valence-corrected chi connectivity index (χ1v) is 9.48. The molecule has 9 nitrogen and oxygen atoms in total. The van der Waals surface area contributed by atoms with Crippen LogP contribution in [0.2, 0.25) is 0 Å². The van der Waals surface area contributed by atoms with E-state index in [0.717, 1.165) is 0 Å². The predicted molar refractivity (Wildman–Crippen MR) is 111 cm³/mol. The number of carbonyl (C=O) groups excluding carboxylic acids is 4. The summed E-state index contributed by atoms with van der Waals surface area (Å²) in [5.41, 5.74) is 2.42. The van der Waals surface area contributed by atoms with Crippen LogP contribution in [-0.2, 0) is 21.5 Å². The third-order valence-corrected chi connectivity index (χ3v) is 5.13. The van der Waals surface area contributed by atoms with Crippen LogP contribution in [-0.4, -0.2) is 42.9 Å². The zero-order valence-corrected chi connectivity index (χ0v) is 17.6. The van der Waals surface area contributed by atoms with E-state index in [2.05, 4.69) is 10.7 Å². The Labute approximate surface area is 179 Å². The molecule has 1 heterocycles. The number of methoxy groups -OCH3 is 2. The number of imide groups is 1. The van der Waals surface area contributed by atoms with Crippen molar-refractivity contribution in [2.45, 2.75) is 25.8 Å². The zero-order chi connectivity index (χ0) is 22.8. The van der Waals surface area contributed by atoms with E-state index in [1.807, 2.05) is 0 Å². The molecule has 2 aromatic rings. The summed E-state index contributed by atoms with van der Waals surface area (Å²) in [4.78, 5) is 49.6. The fraction of sp³-hybridized carbons (Fsp3) is 0.273. The highest BCUT2D eigenvalue weighted by Crippen LogP contribution is 2.29. The maximum absolute atomic E-state index is 13.0. The average Bonchev–Trinajstić information content (AvgIpc) is 2.97. The van der Waals surface area contributed by atoms with Gasteiger partial charge in [0.2, 0.25) is 5.91 Å². The monoisotopic (exact) mass is 425 g/mol. The largest absolute Gasteiger partial charge is 0.497 e. The molecule has 31 heavy (non-hydrogen) atoms. The van der Waals surface area contributed by atoms with Crippen LogP contribution < -0.4 is 20.2 Å². The van der Waals surface area contributed by atoms with Gasteiger partial charge in [0.15, 0.2) is 5.78 Å². The Morgan fingerprint density at radius 2 is 1.74 bits per heavy atom. The van der Waals surface area contributed by atoms with Crippen LogP contribution in [0.5, 0.6) is 11.5 Å². The Bertz CT molecular complexity index is 1050. The van der Waals surface area contributed by atoms with Crippen molar-refractivity contribution in [2.24, 2.45) is 0 Å². The third-order valence-electron chi connectivity index (χ3n) is 5.13. The van der Waals surface area contributed by atoms with Gasteiger partial charge in [-0.25, -0.2) is 4.79 Å². The topological polar surface area (TPSA) is 114 Å². The fourth-order valence-electron chi connectivity index (χ4n) is 3.33. The number of ketones is 1. The molecule has 1 aliphatic rings. The van der Waals surface area contributed by atoms with E-state index in [4.69, 9.17) is 9.47 Å². The highest BCUT2D eigenvalue weighted by molar-refractivity contribution is 6.08. The van der Waals surface area contributed by atoms with Gasteiger partial charge in [-0.1, -0.05) is 12.1 Å². The summed E-state index contributed by atoms with van der Waals surface area (Å²) < 4.78 is 10.4. The Morgan fingerprint density at radius 1 is 1.06 bits per heavy atom. The quantitative estimate of drug-likeness (QED) is 0.518. The van der Waals surface area contributed by atoms with E-state index < -0.39 is 23.4 Å². The normalized spacial score (nSPS) is 17.9. The first-order valence-electron chi connectivity index (χ1n) is 9.48. The molecule has 1 fully saturated rings. The maximum Gasteiger partial charge on any atom is 0.344 e. The molecule has 0 radical (unpaired) electrons. The van der Waals surface area contributed by atoms with Crippen molar-refractivity contribution in [3.8, 4) is 11.5 Å². The second-order valence-electron chi connectivity index (χ2n) is 7.22. The van der Waals surface area contributed by atoms with Gasteiger partial charge < -0.3 is 14.8 Å². The van der Waals surface area contributed by atoms with Crippen molar-refractivity contribution in [2.75, 3.05) is 14.2 Å². The number of hydrogen-bond donors (Lipinski definition) is 2. The van der Waals surface area contributed by atoms with Crippen LogP contribution in [0.3, 0.4) is 0 Å². The molecule has 9 heteroatoms. The summed E-state index contributed by atoms with van der Waals surface area (Å²) in [6.07, 6.45) is -0.194. The summed E-state index contributed by atoms with van der Waals surface area (Å²) in [6.45, 7) is 2.97. The van der Waals surface area contributed by atoms with E-state index in [0.29, 0.717) is 33.2 Å². The molecule has 1 saturated heterocycles. The average molecular weight is 425 g/mol. The predicted octanol–water partition coefficient (Wildman–Crippen LogP) is 1.95. The van der Waals surface area contributed by atoms with E-state index in [1.54, 1.807) is 49.4 Å². The SMILES string of the molecule is COc1ccc(C2(C)NC(=O)N(NC(=O)Cc3cc(C(C)=O)ccc3OC)C2=O)cc1. The lowest BCUT2D eigenvalue weighted by atomic mass is 9.92. The van der Waals surface area contributed by atoms with Crippen molar-refractivity contribution in [3.05, 3.63) is 59.2 Å². The van der Waals surface area contributed by atoms with Gasteiger partial charge in [-0.2, -0.15) is 5.01 Å². The molecule has 162 valence electrons. The molecule has 0 spiro atoms. The first-order chi connectivity index (χ1) is 14.7. The second kappa shape index (κ2) is 8.47. The van der Waals surface area contributed by atoms with Crippen molar-refractivity contribution in [3.63, 3.8) is 0 Å². The summed E-state index contributed by atoms with van der Waals surface area (Å²) in [5.74, 6) is -0.368. The number of benzene rings is 2. The number of hydrazine groups is 1. The zero-order valence-electron chi connectivity index (χ0n) is 17.6. The van der Waals surface area contributed by atoms with Crippen LogP contribution in [0.25, 0.3) is 0 Å². The first kappa shape index (κ1) is 21.8. The molecule has 0 aliphatic carbocycles. The molecule has 1 atom stereocenters. The molecule has 0 bridgehead atoms. The van der Waals surface area contributed by atoms with Crippen molar-refractivity contribution in [1.29, 1.82) is 0 Å². The molecule has 2 N–H and O–H groups in total. The van der Waals surface area contributed by atoms with Gasteiger partial charge in [0.25, 0.3) is 5.91 Å². The minimum Gasteiger partial charge on any atom is -0.497 e. The molecular weight excluding hydrogens is 402 g/mol. The van der Waals surface area contributed by atoms with Crippen LogP contribution >= 0.6 is 0 Å². The van der Waals surface area contributed by atoms with E-state index in [1.165, 1.54) is 21.1 Å². The van der Waals surface area contributed by atoms with Crippen LogP contribution in [0, 0.1) is 0 Å². The number of ether oxygens (including phenoxy) is 2.